The van der Waals surface area contributed by atoms with Gasteiger partial charge in [-0.15, -0.1) is 0 Å². The molecule has 1 nitrogen and oxygen atoms in total. The first-order valence-corrected chi connectivity index (χ1v) is 7.43. The van der Waals surface area contributed by atoms with Crippen molar-refractivity contribution in [2.24, 2.45) is 0 Å². The Kier molecular flexibility index (Phi) is 1.84. The van der Waals surface area contributed by atoms with Crippen LogP contribution in [0.5, 0.6) is 0 Å². The number of aromatic nitrogens is 1. The summed E-state index contributed by atoms with van der Waals surface area (Å²) in [5.74, 6) is 0. The van der Waals surface area contributed by atoms with Gasteiger partial charge in [0.2, 0.25) is 0 Å². The van der Waals surface area contributed by atoms with E-state index in [4.69, 9.17) is 4.98 Å². The van der Waals surface area contributed by atoms with Gasteiger partial charge in [-0.1, -0.05) is 56.3 Å². The lowest BCUT2D eigenvalue weighted by atomic mass is 9.82. The fourth-order valence-corrected chi connectivity index (χ4v) is 4.08. The van der Waals surface area contributed by atoms with Crippen LogP contribution in [0.3, 0.4) is 0 Å². The summed E-state index contributed by atoms with van der Waals surface area (Å²) in [7, 11) is 0. The van der Waals surface area contributed by atoms with Crippen LogP contribution in [0.1, 0.15) is 25.0 Å². The third-order valence-corrected chi connectivity index (χ3v) is 5.08. The maximum atomic E-state index is 4.72. The smallest absolute Gasteiger partial charge is 0.0789 e. The van der Waals surface area contributed by atoms with E-state index in [0.717, 1.165) is 5.52 Å². The molecule has 1 heterocycles. The number of fused-ring (bicyclic) bond motifs is 3. The number of benzene rings is 3. The van der Waals surface area contributed by atoms with Crippen molar-refractivity contribution < 1.29 is 0 Å². The lowest BCUT2D eigenvalue weighted by Crippen LogP contribution is -2.15. The zero-order valence-electron chi connectivity index (χ0n) is 12.1. The van der Waals surface area contributed by atoms with Gasteiger partial charge in [0.25, 0.3) is 0 Å². The molecule has 1 aliphatic rings. The van der Waals surface area contributed by atoms with E-state index in [1.54, 1.807) is 0 Å². The van der Waals surface area contributed by atoms with Crippen LogP contribution >= 0.6 is 0 Å². The molecule has 0 spiro atoms. The molecule has 0 atom stereocenters. The third kappa shape index (κ3) is 1.16. The predicted octanol–water partition coefficient (Wildman–Crippen LogP) is 5.18. The average Bonchev–Trinajstić information content (AvgIpc) is 2.76. The molecular weight excluding hydrogens is 254 g/mol. The van der Waals surface area contributed by atoms with Crippen molar-refractivity contribution in [2.75, 3.05) is 0 Å². The van der Waals surface area contributed by atoms with Gasteiger partial charge in [0.05, 0.1) is 5.52 Å². The Morgan fingerprint density at radius 1 is 0.714 bits per heavy atom. The van der Waals surface area contributed by atoms with Crippen LogP contribution in [-0.2, 0) is 5.41 Å². The zero-order valence-corrected chi connectivity index (χ0v) is 12.1. The fraction of sp³-hybridized carbons (Fsp3) is 0.150. The molecule has 0 saturated carbocycles. The van der Waals surface area contributed by atoms with Crippen molar-refractivity contribution in [2.45, 2.75) is 19.3 Å². The van der Waals surface area contributed by atoms with E-state index in [1.807, 2.05) is 6.20 Å². The number of hydrogen-bond acceptors (Lipinski definition) is 1. The number of rotatable bonds is 0. The van der Waals surface area contributed by atoms with Gasteiger partial charge in [0.1, 0.15) is 0 Å². The summed E-state index contributed by atoms with van der Waals surface area (Å²) in [6.07, 6.45) is 1.96. The van der Waals surface area contributed by atoms with Gasteiger partial charge in [0, 0.05) is 22.4 Å². The van der Waals surface area contributed by atoms with Crippen LogP contribution in [-0.4, -0.2) is 4.98 Å². The minimum Gasteiger partial charge on any atom is -0.256 e. The maximum absolute atomic E-state index is 4.72. The minimum absolute atomic E-state index is 0.0560. The summed E-state index contributed by atoms with van der Waals surface area (Å²) in [5.41, 5.74) is 4.04. The lowest BCUT2D eigenvalue weighted by molar-refractivity contribution is 0.662. The van der Waals surface area contributed by atoms with Gasteiger partial charge >= 0.3 is 0 Å². The highest BCUT2D eigenvalue weighted by molar-refractivity contribution is 6.27. The molecule has 1 aromatic heterocycles. The molecule has 0 N–H and O–H groups in total. The van der Waals surface area contributed by atoms with Gasteiger partial charge in [0.15, 0.2) is 0 Å². The molecule has 0 bridgehead atoms. The highest BCUT2D eigenvalue weighted by Gasteiger charge is 2.34. The molecule has 1 heteroatoms. The van der Waals surface area contributed by atoms with Gasteiger partial charge in [-0.2, -0.15) is 0 Å². The fourth-order valence-electron chi connectivity index (χ4n) is 4.08. The summed E-state index contributed by atoms with van der Waals surface area (Å²) in [5, 5.41) is 6.68. The summed E-state index contributed by atoms with van der Waals surface area (Å²) in [6.45, 7) is 4.64. The van der Waals surface area contributed by atoms with Crippen molar-refractivity contribution in [1.29, 1.82) is 0 Å². The Morgan fingerprint density at radius 2 is 1.43 bits per heavy atom. The van der Waals surface area contributed by atoms with Gasteiger partial charge in [-0.3, -0.25) is 4.98 Å². The molecule has 0 aliphatic heterocycles. The molecule has 0 radical (unpaired) electrons. The Hall–Kier alpha value is -2.41. The molecule has 1 aliphatic carbocycles. The predicted molar refractivity (Wildman–Crippen MR) is 88.9 cm³/mol. The molecule has 21 heavy (non-hydrogen) atoms. The van der Waals surface area contributed by atoms with E-state index in [9.17, 15) is 0 Å². The van der Waals surface area contributed by atoms with E-state index < -0.39 is 0 Å². The molecule has 4 aromatic rings. The molecule has 100 valence electrons. The van der Waals surface area contributed by atoms with Crippen LogP contribution in [0.15, 0.2) is 54.7 Å². The first kappa shape index (κ1) is 11.3. The lowest BCUT2D eigenvalue weighted by Gasteiger charge is -2.21. The molecule has 0 unspecified atom stereocenters. The van der Waals surface area contributed by atoms with Gasteiger partial charge in [-0.25, -0.2) is 0 Å². The molecule has 0 saturated heterocycles. The number of hydrogen-bond donors (Lipinski definition) is 0. The molecule has 0 amide bonds. The molecule has 3 aromatic carbocycles. The monoisotopic (exact) mass is 269 g/mol. The Labute approximate surface area is 123 Å². The normalized spacial score (nSPS) is 15.5. The largest absolute Gasteiger partial charge is 0.256 e. The van der Waals surface area contributed by atoms with Crippen molar-refractivity contribution in [3.63, 3.8) is 0 Å². The van der Waals surface area contributed by atoms with Crippen molar-refractivity contribution in [1.82, 2.24) is 4.98 Å². The van der Waals surface area contributed by atoms with Gasteiger partial charge in [-0.05, 0) is 33.4 Å². The summed E-state index contributed by atoms with van der Waals surface area (Å²) >= 11 is 0. The Bertz CT molecular complexity index is 973. The quantitative estimate of drug-likeness (QED) is 0.401. The standard InChI is InChI=1S/C20H15N/c1-20(2)15-9-5-8-13-12-6-3-4-7-14(12)19-18(17(13)15)16(20)10-11-21-19/h3-11H,1-2H3. The third-order valence-electron chi connectivity index (χ3n) is 5.08. The topological polar surface area (TPSA) is 12.9 Å². The zero-order chi connectivity index (χ0) is 14.2. The van der Waals surface area contributed by atoms with Crippen LogP contribution < -0.4 is 0 Å². The maximum Gasteiger partial charge on any atom is 0.0789 e. The summed E-state index contributed by atoms with van der Waals surface area (Å²) in [4.78, 5) is 4.72. The average molecular weight is 269 g/mol. The second-order valence-electron chi connectivity index (χ2n) is 6.48. The number of nitrogens with zero attached hydrogens (tertiary/aromatic N) is 1. The van der Waals surface area contributed by atoms with Crippen molar-refractivity contribution in [3.05, 3.63) is 65.9 Å². The van der Waals surface area contributed by atoms with Crippen molar-refractivity contribution in [3.8, 4) is 0 Å². The van der Waals surface area contributed by atoms with E-state index in [1.165, 1.54) is 38.1 Å². The van der Waals surface area contributed by atoms with Crippen molar-refractivity contribution >= 4 is 32.4 Å². The second-order valence-corrected chi connectivity index (χ2v) is 6.48. The second kappa shape index (κ2) is 3.43. The molecule has 5 rings (SSSR count). The number of pyridine rings is 1. The highest BCUT2D eigenvalue weighted by atomic mass is 14.7. The SMILES string of the molecule is CC1(C)c2cccc3c4ccccc4c4nccc1c4c23. The van der Waals surface area contributed by atoms with Crippen LogP contribution in [0.25, 0.3) is 32.4 Å². The van der Waals surface area contributed by atoms with E-state index in [-0.39, 0.29) is 5.41 Å². The van der Waals surface area contributed by atoms with Crippen LogP contribution in [0, 0.1) is 0 Å². The highest BCUT2D eigenvalue weighted by Crippen LogP contribution is 2.50. The van der Waals surface area contributed by atoms with Crippen LogP contribution in [0.2, 0.25) is 0 Å². The molecule has 0 fully saturated rings. The molecular formula is C20H15N. The first-order valence-electron chi connectivity index (χ1n) is 7.43. The minimum atomic E-state index is 0.0560. The Balaban J connectivity index is 2.26. The van der Waals surface area contributed by atoms with E-state index in [2.05, 4.69) is 62.4 Å². The van der Waals surface area contributed by atoms with Crippen LogP contribution in [0.4, 0.5) is 0 Å². The van der Waals surface area contributed by atoms with Gasteiger partial charge < -0.3 is 0 Å². The Morgan fingerprint density at radius 3 is 2.29 bits per heavy atom. The summed E-state index contributed by atoms with van der Waals surface area (Å²) < 4.78 is 0. The van der Waals surface area contributed by atoms with E-state index in [0.29, 0.717) is 0 Å². The first-order chi connectivity index (χ1) is 10.2. The van der Waals surface area contributed by atoms with E-state index >= 15 is 0 Å². The summed E-state index contributed by atoms with van der Waals surface area (Å²) in [6, 6.07) is 17.5.